The van der Waals surface area contributed by atoms with Crippen LogP contribution in [-0.4, -0.2) is 64.8 Å². The Morgan fingerprint density at radius 1 is 1.08 bits per heavy atom. The fourth-order valence-corrected chi connectivity index (χ4v) is 4.23. The molecule has 5 heteroatoms. The highest BCUT2D eigenvalue weighted by Crippen LogP contribution is 2.39. The van der Waals surface area contributed by atoms with Gasteiger partial charge in [-0.2, -0.15) is 0 Å². The van der Waals surface area contributed by atoms with Gasteiger partial charge in [0.2, 0.25) is 5.91 Å². The van der Waals surface area contributed by atoms with Crippen molar-refractivity contribution in [2.75, 3.05) is 32.8 Å². The zero-order valence-corrected chi connectivity index (χ0v) is 14.2. The first kappa shape index (κ1) is 17.4. The summed E-state index contributed by atoms with van der Waals surface area (Å²) in [5, 5.41) is 19.0. The van der Waals surface area contributed by atoms with Crippen molar-refractivity contribution in [3.8, 4) is 0 Å². The second-order valence-electron chi connectivity index (χ2n) is 7.33. The first-order valence-corrected chi connectivity index (χ1v) is 8.93. The number of hydrogen-bond acceptors (Lipinski definition) is 4. The van der Waals surface area contributed by atoms with Crippen LogP contribution in [0.3, 0.4) is 0 Å². The molecule has 0 bridgehead atoms. The molecule has 1 aromatic carbocycles. The summed E-state index contributed by atoms with van der Waals surface area (Å²) in [6, 6.07) is 9.96. The van der Waals surface area contributed by atoms with Crippen molar-refractivity contribution in [3.63, 3.8) is 0 Å². The first-order chi connectivity index (χ1) is 11.7. The largest absolute Gasteiger partial charge is 0.395 e. The molecule has 24 heavy (non-hydrogen) atoms. The number of aliphatic hydroxyl groups is 2. The molecule has 2 saturated heterocycles. The van der Waals surface area contributed by atoms with Crippen molar-refractivity contribution in [1.29, 1.82) is 0 Å². The molecule has 2 aliphatic heterocycles. The summed E-state index contributed by atoms with van der Waals surface area (Å²) in [5.41, 5.74) is 1.27. The van der Waals surface area contributed by atoms with Crippen LogP contribution in [0.5, 0.6) is 0 Å². The molecule has 0 radical (unpaired) electrons. The molecule has 3 rings (SSSR count). The Hall–Kier alpha value is -1.43. The van der Waals surface area contributed by atoms with Crippen molar-refractivity contribution in [3.05, 3.63) is 35.9 Å². The monoisotopic (exact) mass is 332 g/mol. The molecule has 132 valence electrons. The smallest absolute Gasteiger partial charge is 0.222 e. The minimum absolute atomic E-state index is 0.0146. The summed E-state index contributed by atoms with van der Waals surface area (Å²) in [4.78, 5) is 16.6. The molecule has 5 nitrogen and oxygen atoms in total. The molecule has 1 aromatic rings. The Labute approximate surface area is 143 Å². The van der Waals surface area contributed by atoms with E-state index in [0.717, 1.165) is 38.9 Å². The SMILES string of the molecule is O=C1CC[C@@]2(CCCN(C(CO)CO)C2)CN1Cc1ccccc1. The molecule has 2 fully saturated rings. The maximum Gasteiger partial charge on any atom is 0.222 e. The summed E-state index contributed by atoms with van der Waals surface area (Å²) in [7, 11) is 0. The third kappa shape index (κ3) is 3.79. The fraction of sp³-hybridized carbons (Fsp3) is 0.632. The van der Waals surface area contributed by atoms with Crippen LogP contribution in [0.4, 0.5) is 0 Å². The standard InChI is InChI=1S/C19H28N2O3/c22-12-17(13-23)20-10-4-8-19(14-20)9-7-18(24)21(15-19)11-16-5-2-1-3-6-16/h1-3,5-6,17,22-23H,4,7-15H2/t19-/m1/s1. The van der Waals surface area contributed by atoms with Gasteiger partial charge in [0.15, 0.2) is 0 Å². The number of nitrogens with zero attached hydrogens (tertiary/aromatic N) is 2. The lowest BCUT2D eigenvalue weighted by Gasteiger charge is -2.49. The van der Waals surface area contributed by atoms with Crippen LogP contribution in [0.1, 0.15) is 31.2 Å². The zero-order valence-electron chi connectivity index (χ0n) is 14.2. The molecule has 0 aromatic heterocycles. The van der Waals surface area contributed by atoms with Crippen LogP contribution in [0.25, 0.3) is 0 Å². The second-order valence-corrected chi connectivity index (χ2v) is 7.33. The van der Waals surface area contributed by atoms with Gasteiger partial charge in [0, 0.05) is 31.5 Å². The maximum absolute atomic E-state index is 12.4. The molecule has 1 atom stereocenters. The van der Waals surface area contributed by atoms with Gasteiger partial charge >= 0.3 is 0 Å². The van der Waals surface area contributed by atoms with Crippen LogP contribution in [-0.2, 0) is 11.3 Å². The number of rotatable bonds is 5. The van der Waals surface area contributed by atoms with Crippen molar-refractivity contribution in [1.82, 2.24) is 9.80 Å². The summed E-state index contributed by atoms with van der Waals surface area (Å²) in [5.74, 6) is 0.238. The van der Waals surface area contributed by atoms with E-state index in [1.54, 1.807) is 0 Å². The average Bonchev–Trinajstić information content (AvgIpc) is 2.61. The Morgan fingerprint density at radius 2 is 1.83 bits per heavy atom. The number of amides is 1. The van der Waals surface area contributed by atoms with Gasteiger partial charge in [0.05, 0.1) is 19.3 Å². The third-order valence-corrected chi connectivity index (χ3v) is 5.59. The second kappa shape index (κ2) is 7.64. The third-order valence-electron chi connectivity index (χ3n) is 5.59. The van der Waals surface area contributed by atoms with Gasteiger partial charge in [0.1, 0.15) is 0 Å². The van der Waals surface area contributed by atoms with Crippen molar-refractivity contribution >= 4 is 5.91 Å². The molecule has 2 N–H and O–H groups in total. The highest BCUT2D eigenvalue weighted by Gasteiger charge is 2.42. The number of piperidine rings is 2. The van der Waals surface area contributed by atoms with E-state index in [0.29, 0.717) is 13.0 Å². The molecular formula is C19H28N2O3. The highest BCUT2D eigenvalue weighted by atomic mass is 16.3. The molecule has 0 saturated carbocycles. The van der Waals surface area contributed by atoms with Crippen molar-refractivity contribution < 1.29 is 15.0 Å². The predicted octanol–water partition coefficient (Wildman–Crippen LogP) is 1.24. The molecule has 0 unspecified atom stereocenters. The summed E-state index contributed by atoms with van der Waals surface area (Å²) in [6.45, 7) is 3.20. The van der Waals surface area contributed by atoms with Gasteiger partial charge in [-0.15, -0.1) is 0 Å². The molecular weight excluding hydrogens is 304 g/mol. The van der Waals surface area contributed by atoms with E-state index < -0.39 is 0 Å². The number of hydrogen-bond donors (Lipinski definition) is 2. The van der Waals surface area contributed by atoms with E-state index in [2.05, 4.69) is 17.0 Å². The highest BCUT2D eigenvalue weighted by molar-refractivity contribution is 5.77. The Bertz CT molecular complexity index is 547. The minimum atomic E-state index is -0.178. The van der Waals surface area contributed by atoms with Gasteiger partial charge in [0.25, 0.3) is 0 Å². The topological polar surface area (TPSA) is 64.0 Å². The van der Waals surface area contributed by atoms with E-state index in [9.17, 15) is 15.0 Å². The maximum atomic E-state index is 12.4. The van der Waals surface area contributed by atoms with Gasteiger partial charge in [-0.05, 0) is 31.4 Å². The minimum Gasteiger partial charge on any atom is -0.395 e. The van der Waals surface area contributed by atoms with Crippen molar-refractivity contribution in [2.24, 2.45) is 5.41 Å². The molecule has 2 heterocycles. The number of carbonyl (C=O) groups is 1. The predicted molar refractivity (Wildman–Crippen MR) is 92.3 cm³/mol. The molecule has 2 aliphatic rings. The van der Waals surface area contributed by atoms with Crippen molar-refractivity contribution in [2.45, 2.75) is 38.3 Å². The number of aliphatic hydroxyl groups excluding tert-OH is 2. The van der Waals surface area contributed by atoms with E-state index in [4.69, 9.17) is 0 Å². The van der Waals surface area contributed by atoms with Crippen LogP contribution < -0.4 is 0 Å². The van der Waals surface area contributed by atoms with Crippen LogP contribution in [0, 0.1) is 5.41 Å². The lowest BCUT2D eigenvalue weighted by Crippen LogP contribution is -2.56. The lowest BCUT2D eigenvalue weighted by molar-refractivity contribution is -0.141. The Balaban J connectivity index is 1.70. The van der Waals surface area contributed by atoms with E-state index in [-0.39, 0.29) is 30.6 Å². The van der Waals surface area contributed by atoms with E-state index in [1.165, 1.54) is 5.56 Å². The van der Waals surface area contributed by atoms with Gasteiger partial charge in [-0.1, -0.05) is 30.3 Å². The number of likely N-dealkylation sites (tertiary alicyclic amines) is 2. The number of carbonyl (C=O) groups excluding carboxylic acids is 1. The fourth-order valence-electron chi connectivity index (χ4n) is 4.23. The van der Waals surface area contributed by atoms with Gasteiger partial charge in [-0.3, -0.25) is 9.69 Å². The van der Waals surface area contributed by atoms with Gasteiger partial charge in [-0.25, -0.2) is 0 Å². The Morgan fingerprint density at radius 3 is 2.54 bits per heavy atom. The summed E-state index contributed by atoms with van der Waals surface area (Å²) < 4.78 is 0. The number of benzene rings is 1. The van der Waals surface area contributed by atoms with E-state index in [1.807, 2.05) is 23.1 Å². The summed E-state index contributed by atoms with van der Waals surface area (Å²) >= 11 is 0. The molecule has 1 amide bonds. The first-order valence-electron chi connectivity index (χ1n) is 8.93. The average molecular weight is 332 g/mol. The zero-order chi connectivity index (χ0) is 17.0. The molecule has 0 aliphatic carbocycles. The van der Waals surface area contributed by atoms with Gasteiger partial charge < -0.3 is 15.1 Å². The van der Waals surface area contributed by atoms with Crippen LogP contribution in [0.2, 0.25) is 0 Å². The lowest BCUT2D eigenvalue weighted by atomic mass is 9.73. The Kier molecular flexibility index (Phi) is 5.54. The van der Waals surface area contributed by atoms with Crippen LogP contribution in [0.15, 0.2) is 30.3 Å². The normalized spacial score (nSPS) is 25.6. The quantitative estimate of drug-likeness (QED) is 0.852. The van der Waals surface area contributed by atoms with Crippen LogP contribution >= 0.6 is 0 Å². The molecule has 1 spiro atoms. The summed E-state index contributed by atoms with van der Waals surface area (Å²) in [6.07, 6.45) is 3.69. The van der Waals surface area contributed by atoms with E-state index >= 15 is 0 Å².